The van der Waals surface area contributed by atoms with Gasteiger partial charge in [0.05, 0.1) is 11.6 Å². The number of aromatic nitrogens is 1. The van der Waals surface area contributed by atoms with Gasteiger partial charge in [-0.15, -0.1) is 0 Å². The molecular weight excluding hydrogens is 460 g/mol. The number of H-pyrrole nitrogens is 1. The molecule has 5 aromatic rings. The number of amides is 1. The summed E-state index contributed by atoms with van der Waals surface area (Å²) < 4.78 is 16.6. The first-order valence-electron chi connectivity index (χ1n) is 11.5. The molecular formula is C28H22N2O6. The summed E-state index contributed by atoms with van der Waals surface area (Å²) in [7, 11) is 0. The minimum atomic E-state index is -0.775. The number of carbonyl (C=O) groups is 1. The Morgan fingerprint density at radius 3 is 2.72 bits per heavy atom. The van der Waals surface area contributed by atoms with Gasteiger partial charge in [-0.3, -0.25) is 9.59 Å². The lowest BCUT2D eigenvalue weighted by molar-refractivity contribution is -0.121. The van der Waals surface area contributed by atoms with E-state index >= 15 is 0 Å². The lowest BCUT2D eigenvalue weighted by Crippen LogP contribution is -2.26. The van der Waals surface area contributed by atoms with Gasteiger partial charge in [-0.1, -0.05) is 24.3 Å². The molecule has 8 heteroatoms. The SMILES string of the molecule is O=C(C[C@H](c1cc2c(cc1O)OCO2)c1coc2ccccc2c1=O)NCc1cccc2[nH]ccc12. The molecule has 1 aliphatic rings. The van der Waals surface area contributed by atoms with E-state index in [0.29, 0.717) is 34.6 Å². The van der Waals surface area contributed by atoms with Crippen LogP contribution in [0.5, 0.6) is 17.2 Å². The topological polar surface area (TPSA) is 114 Å². The summed E-state index contributed by atoms with van der Waals surface area (Å²) >= 11 is 0. The average molecular weight is 482 g/mol. The van der Waals surface area contributed by atoms with Crippen LogP contribution in [0.15, 0.2) is 82.3 Å². The maximum absolute atomic E-state index is 13.4. The molecule has 3 N–H and O–H groups in total. The molecule has 3 heterocycles. The molecule has 6 rings (SSSR count). The minimum Gasteiger partial charge on any atom is -0.508 e. The van der Waals surface area contributed by atoms with Crippen LogP contribution in [-0.4, -0.2) is 22.8 Å². The Hall–Kier alpha value is -4.72. The van der Waals surface area contributed by atoms with Crippen molar-refractivity contribution in [3.8, 4) is 17.2 Å². The van der Waals surface area contributed by atoms with Gasteiger partial charge in [-0.2, -0.15) is 0 Å². The van der Waals surface area contributed by atoms with E-state index < -0.39 is 5.92 Å². The van der Waals surface area contributed by atoms with Crippen molar-refractivity contribution in [3.05, 3.63) is 100 Å². The zero-order valence-corrected chi connectivity index (χ0v) is 19.1. The Balaban J connectivity index is 1.36. The number of phenols is 1. The van der Waals surface area contributed by atoms with Gasteiger partial charge in [0.1, 0.15) is 11.3 Å². The van der Waals surface area contributed by atoms with Gasteiger partial charge in [0, 0.05) is 53.2 Å². The number of hydrogen-bond acceptors (Lipinski definition) is 6. The van der Waals surface area contributed by atoms with Gasteiger partial charge in [0.15, 0.2) is 16.9 Å². The summed E-state index contributed by atoms with van der Waals surface area (Å²) in [5.74, 6) is -0.301. The summed E-state index contributed by atoms with van der Waals surface area (Å²) in [4.78, 5) is 29.8. The third-order valence-electron chi connectivity index (χ3n) is 6.53. The Morgan fingerprint density at radius 2 is 1.83 bits per heavy atom. The van der Waals surface area contributed by atoms with E-state index in [1.54, 1.807) is 30.3 Å². The first-order chi connectivity index (χ1) is 17.6. The lowest BCUT2D eigenvalue weighted by Gasteiger charge is -2.19. The number of phenolic OH excluding ortho intramolecular Hbond substituents is 1. The van der Waals surface area contributed by atoms with Gasteiger partial charge in [0.2, 0.25) is 12.7 Å². The normalized spacial score (nSPS) is 13.2. The van der Waals surface area contributed by atoms with E-state index in [1.165, 1.54) is 12.3 Å². The van der Waals surface area contributed by atoms with Crippen molar-refractivity contribution in [3.63, 3.8) is 0 Å². The number of rotatable bonds is 6. The number of ether oxygens (including phenoxy) is 2. The van der Waals surface area contributed by atoms with Crippen LogP contribution in [0.4, 0.5) is 0 Å². The monoisotopic (exact) mass is 482 g/mol. The molecule has 1 aliphatic heterocycles. The van der Waals surface area contributed by atoms with Gasteiger partial charge in [-0.05, 0) is 35.9 Å². The van der Waals surface area contributed by atoms with Crippen molar-refractivity contribution < 1.29 is 23.8 Å². The van der Waals surface area contributed by atoms with E-state index in [1.807, 2.05) is 30.5 Å². The second-order valence-electron chi connectivity index (χ2n) is 8.67. The molecule has 1 amide bonds. The van der Waals surface area contributed by atoms with Crippen LogP contribution in [-0.2, 0) is 11.3 Å². The van der Waals surface area contributed by atoms with Gasteiger partial charge < -0.3 is 29.3 Å². The molecule has 0 bridgehead atoms. The molecule has 36 heavy (non-hydrogen) atoms. The van der Waals surface area contributed by atoms with Gasteiger partial charge in [-0.25, -0.2) is 0 Å². The molecule has 0 saturated heterocycles. The fraction of sp³-hybridized carbons (Fsp3) is 0.143. The Kier molecular flexibility index (Phi) is 5.33. The number of fused-ring (bicyclic) bond motifs is 3. The summed E-state index contributed by atoms with van der Waals surface area (Å²) in [5, 5.41) is 15.2. The Labute approximate surface area is 205 Å². The average Bonchev–Trinajstić information content (AvgIpc) is 3.56. The van der Waals surface area contributed by atoms with Crippen LogP contribution in [0.2, 0.25) is 0 Å². The number of aromatic hydroxyl groups is 1. The molecule has 0 fully saturated rings. The lowest BCUT2D eigenvalue weighted by atomic mass is 9.87. The molecule has 3 aromatic carbocycles. The minimum absolute atomic E-state index is 0.0339. The van der Waals surface area contributed by atoms with E-state index in [9.17, 15) is 14.7 Å². The molecule has 8 nitrogen and oxygen atoms in total. The number of benzene rings is 3. The molecule has 0 aliphatic carbocycles. The molecule has 1 atom stereocenters. The van der Waals surface area contributed by atoms with E-state index in [0.717, 1.165) is 16.5 Å². The Bertz CT molecular complexity index is 1670. The summed E-state index contributed by atoms with van der Waals surface area (Å²) in [5.41, 5.74) is 2.79. The summed E-state index contributed by atoms with van der Waals surface area (Å²) in [6.07, 6.45) is 3.14. The zero-order valence-electron chi connectivity index (χ0n) is 19.1. The number of carbonyl (C=O) groups excluding carboxylic acids is 1. The largest absolute Gasteiger partial charge is 0.508 e. The molecule has 0 unspecified atom stereocenters. The fourth-order valence-electron chi connectivity index (χ4n) is 4.70. The highest BCUT2D eigenvalue weighted by Crippen LogP contribution is 2.42. The summed E-state index contributed by atoms with van der Waals surface area (Å²) in [6, 6.07) is 17.8. The molecule has 0 spiro atoms. The maximum atomic E-state index is 13.4. The smallest absolute Gasteiger partial charge is 0.231 e. The molecule has 2 aromatic heterocycles. The van der Waals surface area contributed by atoms with Gasteiger partial charge >= 0.3 is 0 Å². The van der Waals surface area contributed by atoms with Crippen molar-refractivity contribution in [2.45, 2.75) is 18.9 Å². The van der Waals surface area contributed by atoms with Crippen LogP contribution < -0.4 is 20.2 Å². The first-order valence-corrected chi connectivity index (χ1v) is 11.5. The predicted molar refractivity (Wildman–Crippen MR) is 133 cm³/mol. The summed E-state index contributed by atoms with van der Waals surface area (Å²) in [6.45, 7) is 0.354. The van der Waals surface area contributed by atoms with Crippen molar-refractivity contribution in [2.24, 2.45) is 0 Å². The second kappa shape index (κ2) is 8.81. The van der Waals surface area contributed by atoms with Crippen molar-refractivity contribution in [1.29, 1.82) is 0 Å². The van der Waals surface area contributed by atoms with Gasteiger partial charge in [0.25, 0.3) is 0 Å². The van der Waals surface area contributed by atoms with Crippen LogP contribution in [0, 0.1) is 0 Å². The number of hydrogen-bond donors (Lipinski definition) is 3. The van der Waals surface area contributed by atoms with Crippen LogP contribution in [0.25, 0.3) is 21.9 Å². The van der Waals surface area contributed by atoms with E-state index in [4.69, 9.17) is 13.9 Å². The zero-order chi connectivity index (χ0) is 24.6. The maximum Gasteiger partial charge on any atom is 0.231 e. The number of para-hydroxylation sites is 1. The standard InChI is InChI=1S/C28H22N2O6/c31-23-12-26-25(35-15-36-26)10-20(23)19(21-14-34-24-7-2-1-5-18(24)28(21)33)11-27(32)30-13-16-4-3-6-22-17(16)8-9-29-22/h1-10,12,14,19,29,31H,11,13,15H2,(H,30,32)/t19-/m1/s1. The molecule has 180 valence electrons. The second-order valence-corrected chi connectivity index (χ2v) is 8.67. The van der Waals surface area contributed by atoms with Crippen molar-refractivity contribution in [2.75, 3.05) is 6.79 Å². The third kappa shape index (κ3) is 3.82. The highest BCUT2D eigenvalue weighted by atomic mass is 16.7. The van der Waals surface area contributed by atoms with Crippen molar-refractivity contribution in [1.82, 2.24) is 10.3 Å². The van der Waals surface area contributed by atoms with Crippen molar-refractivity contribution >= 4 is 27.8 Å². The van der Waals surface area contributed by atoms with E-state index in [-0.39, 0.29) is 35.9 Å². The first kappa shape index (κ1) is 21.8. The third-order valence-corrected chi connectivity index (χ3v) is 6.53. The predicted octanol–water partition coefficient (Wildman–Crippen LogP) is 4.55. The van der Waals surface area contributed by atoms with Crippen LogP contribution >= 0.6 is 0 Å². The van der Waals surface area contributed by atoms with E-state index in [2.05, 4.69) is 10.3 Å². The molecule has 0 radical (unpaired) electrons. The Morgan fingerprint density at radius 1 is 1.00 bits per heavy atom. The fourth-order valence-corrected chi connectivity index (χ4v) is 4.70. The quantitative estimate of drug-likeness (QED) is 0.327. The molecule has 0 saturated carbocycles. The van der Waals surface area contributed by atoms with Crippen LogP contribution in [0.3, 0.4) is 0 Å². The highest BCUT2D eigenvalue weighted by molar-refractivity contribution is 5.84. The number of aromatic amines is 1. The van der Waals surface area contributed by atoms with Crippen LogP contribution in [0.1, 0.15) is 29.0 Å². The number of nitrogens with one attached hydrogen (secondary N) is 2. The highest BCUT2D eigenvalue weighted by Gasteiger charge is 2.28.